The first-order valence-corrected chi connectivity index (χ1v) is 8.89. The van der Waals surface area contributed by atoms with Crippen LogP contribution in [-0.2, 0) is 0 Å². The average molecular weight is 438 g/mol. The number of pyridine rings is 1. The summed E-state index contributed by atoms with van der Waals surface area (Å²) in [5.74, 6) is 0. The number of nitrogens with zero attached hydrogens (tertiary/aromatic N) is 1. The van der Waals surface area contributed by atoms with Crippen molar-refractivity contribution in [2.45, 2.75) is 0 Å². The molecule has 3 rings (SSSR count). The summed E-state index contributed by atoms with van der Waals surface area (Å²) in [4.78, 5) is 4.34. The van der Waals surface area contributed by atoms with Crippen molar-refractivity contribution in [2.75, 3.05) is 0 Å². The van der Waals surface area contributed by atoms with Crippen molar-refractivity contribution in [3.63, 3.8) is 0 Å². The summed E-state index contributed by atoms with van der Waals surface area (Å²) in [6.45, 7) is 0. The topological polar surface area (TPSA) is 12.9 Å². The Morgan fingerprint density at radius 3 is 1.54 bits per heavy atom. The Morgan fingerprint density at radius 1 is 0.583 bits per heavy atom. The first-order chi connectivity index (χ1) is 11.4. The van der Waals surface area contributed by atoms with Crippen molar-refractivity contribution < 1.29 is 0 Å². The zero-order chi connectivity index (χ0) is 17.4. The lowest BCUT2D eigenvalue weighted by Gasteiger charge is -2.11. The minimum Gasteiger partial charge on any atom is -0.256 e. The molecular weight excluding hydrogens is 431 g/mol. The molecule has 24 heavy (non-hydrogen) atoms. The normalized spacial score (nSPS) is 10.9. The zero-order valence-corrected chi connectivity index (χ0v) is 16.3. The van der Waals surface area contributed by atoms with Crippen molar-refractivity contribution in [2.24, 2.45) is 0 Å². The summed E-state index contributed by atoms with van der Waals surface area (Å²) in [5.41, 5.74) is 2.60. The Balaban J connectivity index is 2.19. The van der Waals surface area contributed by atoms with Crippen LogP contribution in [0.25, 0.3) is 22.4 Å². The molecule has 0 saturated carbocycles. The molecule has 3 aromatic rings. The van der Waals surface area contributed by atoms with Crippen LogP contribution in [0.4, 0.5) is 0 Å². The van der Waals surface area contributed by atoms with Gasteiger partial charge in [0.2, 0.25) is 0 Å². The second-order valence-corrected chi connectivity index (χ2v) is 7.42. The van der Waals surface area contributed by atoms with Crippen molar-refractivity contribution in [3.8, 4) is 22.4 Å². The van der Waals surface area contributed by atoms with Gasteiger partial charge in [0.15, 0.2) is 0 Å². The molecule has 1 nitrogen and oxygen atoms in total. The summed E-state index contributed by atoms with van der Waals surface area (Å²) in [5, 5.41) is 2.62. The highest BCUT2D eigenvalue weighted by molar-refractivity contribution is 6.42. The Kier molecular flexibility index (Phi) is 5.51. The third-order valence-corrected chi connectivity index (χ3v) is 4.95. The first-order valence-electron chi connectivity index (χ1n) is 6.62. The van der Waals surface area contributed by atoms with Crippen LogP contribution in [0.1, 0.15) is 0 Å². The molecule has 0 fully saturated rings. The van der Waals surface area contributed by atoms with E-state index in [1.165, 1.54) is 0 Å². The predicted molar refractivity (Wildman–Crippen MR) is 105 cm³/mol. The number of hydrogen-bond acceptors (Lipinski definition) is 1. The highest BCUT2D eigenvalue weighted by Crippen LogP contribution is 2.40. The number of halogens is 6. The van der Waals surface area contributed by atoms with E-state index >= 15 is 0 Å². The molecule has 7 heteroatoms. The summed E-state index contributed by atoms with van der Waals surface area (Å²) in [6, 6.07) is 10.1. The molecule has 0 aliphatic rings. The smallest absolute Gasteiger partial charge is 0.0738 e. The highest BCUT2D eigenvalue weighted by atomic mass is 35.5. The quantitative estimate of drug-likeness (QED) is 0.392. The highest BCUT2D eigenvalue weighted by Gasteiger charge is 2.15. The summed E-state index contributed by atoms with van der Waals surface area (Å²) in [6.07, 6.45) is 1.63. The van der Waals surface area contributed by atoms with Gasteiger partial charge in [-0.25, -0.2) is 0 Å². The molecule has 0 unspecified atom stereocenters. The van der Waals surface area contributed by atoms with Crippen LogP contribution in [-0.4, -0.2) is 4.98 Å². The van der Waals surface area contributed by atoms with E-state index in [1.807, 2.05) is 6.07 Å². The second-order valence-electron chi connectivity index (χ2n) is 4.92. The lowest BCUT2D eigenvalue weighted by atomic mass is 10.0. The molecule has 0 atom stereocenters. The van der Waals surface area contributed by atoms with Crippen LogP contribution in [0.3, 0.4) is 0 Å². The third-order valence-electron chi connectivity index (χ3n) is 3.32. The van der Waals surface area contributed by atoms with E-state index in [-0.39, 0.29) is 0 Å². The second kappa shape index (κ2) is 7.29. The minimum atomic E-state index is 0.408. The van der Waals surface area contributed by atoms with Gasteiger partial charge in [-0.15, -0.1) is 0 Å². The van der Waals surface area contributed by atoms with E-state index in [4.69, 9.17) is 69.6 Å². The van der Waals surface area contributed by atoms with Crippen molar-refractivity contribution >= 4 is 69.6 Å². The molecule has 1 heterocycles. The molecule has 0 bridgehead atoms. The van der Waals surface area contributed by atoms with Gasteiger partial charge in [0, 0.05) is 27.4 Å². The van der Waals surface area contributed by atoms with Gasteiger partial charge in [0.05, 0.1) is 25.8 Å². The van der Waals surface area contributed by atoms with Crippen molar-refractivity contribution in [3.05, 3.63) is 72.7 Å². The fourth-order valence-corrected chi connectivity index (χ4v) is 4.37. The monoisotopic (exact) mass is 435 g/mol. The van der Waals surface area contributed by atoms with Gasteiger partial charge in [0.25, 0.3) is 0 Å². The molecule has 122 valence electrons. The molecule has 0 aliphatic heterocycles. The van der Waals surface area contributed by atoms with Gasteiger partial charge in [0.1, 0.15) is 0 Å². The van der Waals surface area contributed by atoms with Crippen LogP contribution >= 0.6 is 69.6 Å². The van der Waals surface area contributed by atoms with Crippen molar-refractivity contribution in [1.29, 1.82) is 0 Å². The Morgan fingerprint density at radius 2 is 1.04 bits per heavy atom. The van der Waals surface area contributed by atoms with Gasteiger partial charge in [-0.05, 0) is 42.0 Å². The average Bonchev–Trinajstić information content (AvgIpc) is 2.45. The number of rotatable bonds is 2. The van der Waals surface area contributed by atoms with Crippen LogP contribution in [0.5, 0.6) is 0 Å². The number of hydrogen-bond donors (Lipinski definition) is 0. The van der Waals surface area contributed by atoms with Crippen LogP contribution in [0.2, 0.25) is 30.1 Å². The van der Waals surface area contributed by atoms with Crippen LogP contribution in [0.15, 0.2) is 42.6 Å². The fourth-order valence-electron chi connectivity index (χ4n) is 2.33. The predicted octanol–water partition coefficient (Wildman–Crippen LogP) is 8.34. The molecule has 0 amide bonds. The number of benzene rings is 2. The van der Waals surface area contributed by atoms with Crippen LogP contribution < -0.4 is 0 Å². The molecule has 0 spiro atoms. The summed E-state index contributed by atoms with van der Waals surface area (Å²) in [7, 11) is 0. The summed E-state index contributed by atoms with van der Waals surface area (Å²) >= 11 is 37.1. The van der Waals surface area contributed by atoms with E-state index in [0.29, 0.717) is 47.0 Å². The maximum atomic E-state index is 6.29. The molecule has 2 aromatic carbocycles. The molecular formula is C17H7Cl6N. The minimum absolute atomic E-state index is 0.408. The number of aromatic nitrogens is 1. The SMILES string of the molecule is Clc1cc(Cl)c(-c2ccnc(-c3c(Cl)cc(Cl)cc3Cl)c2)c(Cl)c1. The third kappa shape index (κ3) is 3.62. The Hall–Kier alpha value is -0.670. The Bertz CT molecular complexity index is 819. The van der Waals surface area contributed by atoms with E-state index < -0.39 is 0 Å². The molecule has 0 N–H and O–H groups in total. The van der Waals surface area contributed by atoms with Gasteiger partial charge >= 0.3 is 0 Å². The molecule has 0 saturated heterocycles. The van der Waals surface area contributed by atoms with Gasteiger partial charge in [-0.1, -0.05) is 69.6 Å². The fraction of sp³-hybridized carbons (Fsp3) is 0. The largest absolute Gasteiger partial charge is 0.256 e. The first kappa shape index (κ1) is 18.1. The Labute approximate surface area is 169 Å². The van der Waals surface area contributed by atoms with E-state index in [1.54, 1.807) is 36.5 Å². The lowest BCUT2D eigenvalue weighted by Crippen LogP contribution is -1.89. The summed E-state index contributed by atoms with van der Waals surface area (Å²) < 4.78 is 0. The van der Waals surface area contributed by atoms with E-state index in [0.717, 1.165) is 5.56 Å². The van der Waals surface area contributed by atoms with Gasteiger partial charge in [-0.2, -0.15) is 0 Å². The zero-order valence-electron chi connectivity index (χ0n) is 11.8. The van der Waals surface area contributed by atoms with Gasteiger partial charge < -0.3 is 0 Å². The van der Waals surface area contributed by atoms with Gasteiger partial charge in [-0.3, -0.25) is 4.98 Å². The maximum absolute atomic E-state index is 6.29. The lowest BCUT2D eigenvalue weighted by molar-refractivity contribution is 1.33. The van der Waals surface area contributed by atoms with E-state index in [2.05, 4.69) is 4.98 Å². The molecule has 0 radical (unpaired) electrons. The van der Waals surface area contributed by atoms with Crippen LogP contribution in [0, 0.1) is 0 Å². The van der Waals surface area contributed by atoms with Crippen molar-refractivity contribution in [1.82, 2.24) is 4.98 Å². The molecule has 1 aromatic heterocycles. The maximum Gasteiger partial charge on any atom is 0.0738 e. The standard InChI is InChI=1S/C17H7Cl6N/c18-9-4-11(20)16(12(21)5-9)8-1-2-24-15(3-8)17-13(22)6-10(19)7-14(17)23/h1-7H. The van der Waals surface area contributed by atoms with E-state index in [9.17, 15) is 0 Å². The molecule has 0 aliphatic carbocycles.